The minimum Gasteiger partial charge on any atom is -0.488 e. The van der Waals surface area contributed by atoms with Gasteiger partial charge in [0.1, 0.15) is 58.1 Å². The number of nitrogens with one attached hydrogen (secondary N) is 3. The van der Waals surface area contributed by atoms with E-state index in [-0.39, 0.29) is 25.6 Å². The highest BCUT2D eigenvalue weighted by Gasteiger charge is 2.28. The molecule has 0 saturated heterocycles. The summed E-state index contributed by atoms with van der Waals surface area (Å²) in [5.41, 5.74) is 8.72. The van der Waals surface area contributed by atoms with E-state index in [0.717, 1.165) is 22.4 Å². The predicted molar refractivity (Wildman–Crippen MR) is 271 cm³/mol. The molecule has 0 radical (unpaired) electrons. The minimum absolute atomic E-state index is 0.0599. The topological polar surface area (TPSA) is 270 Å². The maximum Gasteiger partial charge on any atom is 0.408 e. The van der Waals surface area contributed by atoms with Crippen molar-refractivity contribution in [3.05, 3.63) is 99.9 Å². The van der Waals surface area contributed by atoms with Crippen LogP contribution in [-0.4, -0.2) is 117 Å². The largest absolute Gasteiger partial charge is 0.488 e. The fourth-order valence-corrected chi connectivity index (χ4v) is 5.93. The van der Waals surface area contributed by atoms with Gasteiger partial charge >= 0.3 is 36.2 Å². The van der Waals surface area contributed by atoms with Gasteiger partial charge in [0.2, 0.25) is 0 Å². The summed E-state index contributed by atoms with van der Waals surface area (Å²) in [6, 6.07) is 18.7. The maximum absolute atomic E-state index is 11.9. The average Bonchev–Trinajstić information content (AvgIpc) is 3.29. The first-order chi connectivity index (χ1) is 33.7. The second-order valence-electron chi connectivity index (χ2n) is 18.0. The molecule has 398 valence electrons. The van der Waals surface area contributed by atoms with E-state index in [1.807, 2.05) is 30.5 Å². The van der Waals surface area contributed by atoms with Crippen LogP contribution in [0.2, 0.25) is 0 Å². The number of amides is 3. The van der Waals surface area contributed by atoms with Gasteiger partial charge in [0.25, 0.3) is 0 Å². The number of azide groups is 1. The molecule has 21 nitrogen and oxygen atoms in total. The number of carbonyl (C=O) groups excluding carboxylic acids is 6. The molecule has 72 heavy (non-hydrogen) atoms. The summed E-state index contributed by atoms with van der Waals surface area (Å²) < 4.78 is 45.5. The second-order valence-corrected chi connectivity index (χ2v) is 19.1. The Balaban J connectivity index is 0.000000540. The lowest BCUT2D eigenvalue weighted by Crippen LogP contribution is -2.45. The zero-order valence-electron chi connectivity index (χ0n) is 43.2. The number of methoxy groups -OCH3 is 3. The Morgan fingerprint density at radius 3 is 1.08 bits per heavy atom. The van der Waals surface area contributed by atoms with E-state index in [1.165, 1.54) is 21.3 Å². The highest BCUT2D eigenvalue weighted by molar-refractivity contribution is 7.98. The molecule has 0 aliphatic heterocycles. The van der Waals surface area contributed by atoms with E-state index >= 15 is 0 Å². The van der Waals surface area contributed by atoms with E-state index in [9.17, 15) is 28.8 Å². The van der Waals surface area contributed by atoms with Crippen LogP contribution in [0.3, 0.4) is 0 Å². The lowest BCUT2D eigenvalue weighted by atomic mass is 10.1. The smallest absolute Gasteiger partial charge is 0.408 e. The number of hydrogen-bond acceptors (Lipinski definition) is 17. The number of rotatable bonds is 20. The number of ether oxygens (including phenoxy) is 9. The molecule has 3 rings (SSSR count). The Labute approximate surface area is 430 Å². The van der Waals surface area contributed by atoms with Crippen molar-refractivity contribution in [3.8, 4) is 17.2 Å². The fraction of sp³-hybridized carbons (Fsp3) is 0.510. The number of nitrogens with zero attached hydrogens (tertiary/aromatic N) is 3. The molecule has 0 saturated carbocycles. The molecule has 3 N–H and O–H groups in total. The summed E-state index contributed by atoms with van der Waals surface area (Å²) in [7, 11) is 3.80. The van der Waals surface area contributed by atoms with Gasteiger partial charge in [0.05, 0.1) is 21.3 Å². The van der Waals surface area contributed by atoms with Gasteiger partial charge in [0.15, 0.2) is 12.8 Å². The second kappa shape index (κ2) is 32.3. The van der Waals surface area contributed by atoms with Gasteiger partial charge in [-0.15, -0.1) is 11.8 Å². The Morgan fingerprint density at radius 2 is 0.833 bits per heavy atom. The third-order valence-corrected chi connectivity index (χ3v) is 9.00. The Kier molecular flexibility index (Phi) is 28.3. The summed E-state index contributed by atoms with van der Waals surface area (Å²) in [5.74, 6) is 0.826. The number of hydrogen-bond donors (Lipinski definition) is 3. The minimum atomic E-state index is -0.880. The van der Waals surface area contributed by atoms with Crippen LogP contribution in [0.5, 0.6) is 17.2 Å². The number of esters is 3. The zero-order chi connectivity index (χ0) is 54.5. The maximum atomic E-state index is 11.9. The number of thioether (sulfide) groups is 1. The van der Waals surface area contributed by atoms with Gasteiger partial charge in [-0.1, -0.05) is 53.1 Å². The first-order valence-corrected chi connectivity index (χ1v) is 24.1. The highest BCUT2D eigenvalue weighted by atomic mass is 35.5. The normalized spacial score (nSPS) is 12.0. The first-order valence-electron chi connectivity index (χ1n) is 22.2. The van der Waals surface area contributed by atoms with Gasteiger partial charge in [-0.05, 0) is 127 Å². The lowest BCUT2D eigenvalue weighted by molar-refractivity contribution is -0.143. The summed E-state index contributed by atoms with van der Waals surface area (Å²) >= 11 is 7.07. The molecule has 0 spiro atoms. The number of alkyl carbamates (subject to hydrolysis) is 3. The monoisotopic (exact) mass is 1050 g/mol. The third kappa shape index (κ3) is 28.8. The van der Waals surface area contributed by atoms with Crippen molar-refractivity contribution in [2.24, 2.45) is 5.11 Å². The van der Waals surface area contributed by atoms with Crippen LogP contribution in [0, 0.1) is 0 Å². The highest BCUT2D eigenvalue weighted by Crippen LogP contribution is 2.18. The number of benzene rings is 3. The Hall–Kier alpha value is -6.77. The molecular weight excluding hydrogens is 980 g/mol. The van der Waals surface area contributed by atoms with Gasteiger partial charge in [-0.2, -0.15) is 0 Å². The Morgan fingerprint density at radius 1 is 0.542 bits per heavy atom. The molecule has 3 atom stereocenters. The van der Waals surface area contributed by atoms with Crippen molar-refractivity contribution in [1.29, 1.82) is 0 Å². The van der Waals surface area contributed by atoms with E-state index in [4.69, 9.17) is 59.8 Å². The summed E-state index contributed by atoms with van der Waals surface area (Å²) in [6.07, 6.45) is 0.729. The summed E-state index contributed by atoms with van der Waals surface area (Å²) in [6.45, 7) is 15.6. The first kappa shape index (κ1) is 63.2. The molecular formula is C49H69ClN6O15S. The zero-order valence-corrected chi connectivity index (χ0v) is 44.7. The van der Waals surface area contributed by atoms with Crippen molar-refractivity contribution in [3.63, 3.8) is 0 Å². The standard InChI is InChI=1S/C17H25NO5S.C16H22ClNO5.C16H22N4O5/c1-17(2,3)23-16(20)18-14(15(19)21-4)10-12-6-8-13(9-7-12)22-11-24-5;1-16(2,3)23-15(20)18-13(14(19)21-4)9-11-5-7-12(8-6-11)22-10-17;1-16(2,3)25-15(22)19-13(14(21)23-4)9-11-5-7-12(8-6-11)24-10-18-20-17/h6-9,14H,10-11H2,1-5H3,(H,18,20);5-8,13H,9-10H2,1-4H3,(H,18,20);5-8,13H,9-10H2,1-4H3,(H,19,22)/t14-;2*13-/m111/s1. The molecule has 3 aromatic carbocycles. The van der Waals surface area contributed by atoms with Gasteiger partial charge in [-0.3, -0.25) is 0 Å². The van der Waals surface area contributed by atoms with E-state index < -0.39 is 71.1 Å². The van der Waals surface area contributed by atoms with Crippen LogP contribution >= 0.6 is 23.4 Å². The summed E-state index contributed by atoms with van der Waals surface area (Å²) in [4.78, 5) is 73.9. The molecule has 0 aromatic heterocycles. The van der Waals surface area contributed by atoms with Crippen LogP contribution in [0.4, 0.5) is 14.4 Å². The van der Waals surface area contributed by atoms with Crippen LogP contribution in [0.15, 0.2) is 77.9 Å². The van der Waals surface area contributed by atoms with Crippen LogP contribution < -0.4 is 30.2 Å². The molecule has 23 heteroatoms. The summed E-state index contributed by atoms with van der Waals surface area (Å²) in [5, 5.41) is 10.9. The number of alkyl halides is 1. The Bertz CT molecular complexity index is 2190. The molecule has 0 heterocycles. The van der Waals surface area contributed by atoms with Gasteiger partial charge in [-0.25, -0.2) is 28.8 Å². The van der Waals surface area contributed by atoms with Crippen molar-refractivity contribution >= 4 is 59.6 Å². The van der Waals surface area contributed by atoms with Crippen molar-refractivity contribution in [2.75, 3.05) is 46.3 Å². The quantitative estimate of drug-likeness (QED) is 0.0181. The molecule has 3 aromatic rings. The van der Waals surface area contributed by atoms with Crippen LogP contribution in [0.25, 0.3) is 10.4 Å². The number of carbonyl (C=O) groups is 6. The molecule has 0 unspecified atom stereocenters. The van der Waals surface area contributed by atoms with Crippen molar-refractivity contribution in [1.82, 2.24) is 16.0 Å². The van der Waals surface area contributed by atoms with E-state index in [1.54, 1.807) is 123 Å². The molecule has 0 aliphatic rings. The predicted octanol–water partition coefficient (Wildman–Crippen LogP) is 8.81. The molecule has 3 amide bonds. The van der Waals surface area contributed by atoms with E-state index in [0.29, 0.717) is 23.9 Å². The average molecular weight is 1050 g/mol. The number of halogens is 1. The van der Waals surface area contributed by atoms with Gasteiger partial charge in [0, 0.05) is 24.2 Å². The third-order valence-electron chi connectivity index (χ3n) is 8.54. The SMILES string of the molecule is COC(=O)[C@@H](Cc1ccc(OCCl)cc1)NC(=O)OC(C)(C)C.COC(=O)[C@@H](Cc1ccc(OCN=[N+]=[N-])cc1)NC(=O)OC(C)(C)C.COC(=O)[C@@H](Cc1ccc(OCSC)cc1)NC(=O)OC(C)(C)C. The van der Waals surface area contributed by atoms with Gasteiger partial charge < -0.3 is 58.6 Å². The van der Waals surface area contributed by atoms with Crippen molar-refractivity contribution in [2.45, 2.75) is 117 Å². The molecule has 0 fully saturated rings. The fourth-order valence-electron chi connectivity index (χ4n) is 5.55. The van der Waals surface area contributed by atoms with Crippen LogP contribution in [0.1, 0.15) is 79.0 Å². The van der Waals surface area contributed by atoms with Crippen molar-refractivity contribution < 1.29 is 71.4 Å². The van der Waals surface area contributed by atoms with Crippen LogP contribution in [-0.2, 0) is 62.1 Å². The molecule has 0 bridgehead atoms. The molecule has 0 aliphatic carbocycles. The lowest BCUT2D eigenvalue weighted by Gasteiger charge is -2.22. The van der Waals surface area contributed by atoms with E-state index in [2.05, 4.69) is 26.0 Å².